The summed E-state index contributed by atoms with van der Waals surface area (Å²) in [4.78, 5) is 0. The monoisotopic (exact) mass is 226 g/mol. The van der Waals surface area contributed by atoms with Gasteiger partial charge in [0.15, 0.2) is 0 Å². The normalized spacial score (nSPS) is 24.9. The van der Waals surface area contributed by atoms with E-state index in [1.807, 2.05) is 0 Å². The van der Waals surface area contributed by atoms with E-state index < -0.39 is 0 Å². The zero-order valence-electron chi connectivity index (χ0n) is 9.48. The van der Waals surface area contributed by atoms with Crippen LogP contribution in [0.4, 0.5) is 6.01 Å². The van der Waals surface area contributed by atoms with Crippen LogP contribution >= 0.6 is 0 Å². The summed E-state index contributed by atoms with van der Waals surface area (Å²) in [7, 11) is 1.73. The highest BCUT2D eigenvalue weighted by atomic mass is 16.5. The maximum absolute atomic E-state index is 5.41. The van der Waals surface area contributed by atoms with Crippen molar-refractivity contribution < 1.29 is 9.15 Å². The van der Waals surface area contributed by atoms with Gasteiger partial charge in [0.1, 0.15) is 0 Å². The first-order chi connectivity index (χ1) is 7.83. The fourth-order valence-electron chi connectivity index (χ4n) is 2.07. The van der Waals surface area contributed by atoms with Gasteiger partial charge in [0.05, 0.1) is 12.1 Å². The van der Waals surface area contributed by atoms with Gasteiger partial charge in [0.2, 0.25) is 5.89 Å². The molecule has 0 amide bonds. The molecular formula is C10H18N4O2. The maximum Gasteiger partial charge on any atom is 0.315 e. The molecule has 1 heterocycles. The van der Waals surface area contributed by atoms with E-state index >= 15 is 0 Å². The van der Waals surface area contributed by atoms with Crippen molar-refractivity contribution in [2.45, 2.75) is 37.8 Å². The van der Waals surface area contributed by atoms with Crippen LogP contribution in [0.2, 0.25) is 0 Å². The standard InChI is InChI=1S/C10H18N4O2/c1-15-8-4-2-3-7(8)12-10-14-13-9(16-10)5-6-11/h7-8H,2-6,11H2,1H3,(H,12,14). The third-order valence-electron chi connectivity index (χ3n) is 2.89. The molecule has 0 saturated heterocycles. The summed E-state index contributed by atoms with van der Waals surface area (Å²) in [5, 5.41) is 11.0. The quantitative estimate of drug-likeness (QED) is 0.762. The number of rotatable bonds is 5. The first-order valence-corrected chi connectivity index (χ1v) is 5.65. The molecule has 1 aliphatic carbocycles. The number of methoxy groups -OCH3 is 1. The number of hydrogen-bond acceptors (Lipinski definition) is 6. The molecule has 6 heteroatoms. The number of hydrogen-bond donors (Lipinski definition) is 2. The number of nitrogens with one attached hydrogen (secondary N) is 1. The van der Waals surface area contributed by atoms with Crippen molar-refractivity contribution in [2.24, 2.45) is 5.73 Å². The highest BCUT2D eigenvalue weighted by molar-refractivity contribution is 5.21. The van der Waals surface area contributed by atoms with Gasteiger partial charge in [-0.25, -0.2) is 0 Å². The summed E-state index contributed by atoms with van der Waals surface area (Å²) >= 11 is 0. The zero-order valence-corrected chi connectivity index (χ0v) is 9.48. The Morgan fingerprint density at radius 1 is 1.50 bits per heavy atom. The molecule has 2 rings (SSSR count). The third kappa shape index (κ3) is 2.51. The van der Waals surface area contributed by atoms with Crippen LogP contribution in [0.5, 0.6) is 0 Å². The molecule has 0 aliphatic heterocycles. The van der Waals surface area contributed by atoms with Crippen LogP contribution < -0.4 is 11.1 Å². The number of aromatic nitrogens is 2. The molecule has 1 saturated carbocycles. The molecule has 1 aromatic rings. The van der Waals surface area contributed by atoms with Gasteiger partial charge in [0.25, 0.3) is 0 Å². The minimum Gasteiger partial charge on any atom is -0.408 e. The Balaban J connectivity index is 1.92. The number of nitrogens with zero attached hydrogens (tertiary/aromatic N) is 2. The van der Waals surface area contributed by atoms with Gasteiger partial charge in [-0.15, -0.1) is 5.10 Å². The van der Waals surface area contributed by atoms with E-state index in [-0.39, 0.29) is 12.1 Å². The summed E-state index contributed by atoms with van der Waals surface area (Å²) < 4.78 is 10.8. The second-order valence-electron chi connectivity index (χ2n) is 4.00. The van der Waals surface area contributed by atoms with E-state index in [0.717, 1.165) is 12.8 Å². The smallest absolute Gasteiger partial charge is 0.315 e. The fraction of sp³-hybridized carbons (Fsp3) is 0.800. The van der Waals surface area contributed by atoms with Gasteiger partial charge in [0, 0.05) is 20.1 Å². The Labute approximate surface area is 94.6 Å². The van der Waals surface area contributed by atoms with Gasteiger partial charge >= 0.3 is 6.01 Å². The topological polar surface area (TPSA) is 86.2 Å². The summed E-state index contributed by atoms with van der Waals surface area (Å²) in [6, 6.07) is 0.744. The van der Waals surface area contributed by atoms with Crippen LogP contribution in [0.25, 0.3) is 0 Å². The summed E-state index contributed by atoms with van der Waals surface area (Å²) in [5.74, 6) is 0.581. The minimum absolute atomic E-state index is 0.241. The van der Waals surface area contributed by atoms with Crippen LogP contribution in [0.1, 0.15) is 25.2 Å². The predicted octanol–water partition coefficient (Wildman–Crippen LogP) is 0.550. The first kappa shape index (κ1) is 11.3. The van der Waals surface area contributed by atoms with E-state index in [0.29, 0.717) is 24.9 Å². The average molecular weight is 226 g/mol. The summed E-state index contributed by atoms with van der Waals surface area (Å²) in [6.07, 6.45) is 4.18. The molecule has 1 fully saturated rings. The van der Waals surface area contributed by atoms with E-state index in [4.69, 9.17) is 14.9 Å². The Kier molecular flexibility index (Phi) is 3.74. The molecule has 0 spiro atoms. The fourth-order valence-corrected chi connectivity index (χ4v) is 2.07. The number of anilines is 1. The third-order valence-corrected chi connectivity index (χ3v) is 2.89. The summed E-state index contributed by atoms with van der Waals surface area (Å²) in [6.45, 7) is 0.520. The Bertz CT molecular complexity index is 328. The molecule has 0 radical (unpaired) electrons. The number of nitrogens with two attached hydrogens (primary N) is 1. The highest BCUT2D eigenvalue weighted by Gasteiger charge is 2.28. The van der Waals surface area contributed by atoms with Crippen molar-refractivity contribution in [1.29, 1.82) is 0 Å². The number of ether oxygens (including phenoxy) is 1. The Hall–Kier alpha value is -1.14. The minimum atomic E-state index is 0.241. The molecule has 3 N–H and O–H groups in total. The second kappa shape index (κ2) is 5.27. The lowest BCUT2D eigenvalue weighted by Crippen LogP contribution is -2.29. The van der Waals surface area contributed by atoms with Gasteiger partial charge < -0.3 is 20.2 Å². The molecule has 2 unspecified atom stereocenters. The highest BCUT2D eigenvalue weighted by Crippen LogP contribution is 2.24. The lowest BCUT2D eigenvalue weighted by Gasteiger charge is -2.17. The molecule has 1 aromatic heterocycles. The van der Waals surface area contributed by atoms with Crippen molar-refractivity contribution in [1.82, 2.24) is 10.2 Å². The molecular weight excluding hydrogens is 208 g/mol. The van der Waals surface area contributed by atoms with Crippen molar-refractivity contribution in [3.05, 3.63) is 5.89 Å². The van der Waals surface area contributed by atoms with Crippen LogP contribution in [-0.4, -0.2) is 36.0 Å². The van der Waals surface area contributed by atoms with Gasteiger partial charge in [-0.2, -0.15) is 0 Å². The van der Waals surface area contributed by atoms with Crippen LogP contribution in [-0.2, 0) is 11.2 Å². The van der Waals surface area contributed by atoms with E-state index in [1.54, 1.807) is 7.11 Å². The molecule has 1 aliphatic rings. The van der Waals surface area contributed by atoms with Crippen LogP contribution in [0, 0.1) is 0 Å². The van der Waals surface area contributed by atoms with Crippen molar-refractivity contribution in [2.75, 3.05) is 19.0 Å². The van der Waals surface area contributed by atoms with E-state index in [1.165, 1.54) is 6.42 Å². The predicted molar refractivity (Wildman–Crippen MR) is 59.1 cm³/mol. The van der Waals surface area contributed by atoms with Crippen molar-refractivity contribution >= 4 is 6.01 Å². The summed E-state index contributed by atoms with van der Waals surface area (Å²) in [5.41, 5.74) is 5.41. The SMILES string of the molecule is COC1CCCC1Nc1nnc(CCN)o1. The molecule has 16 heavy (non-hydrogen) atoms. The van der Waals surface area contributed by atoms with Crippen molar-refractivity contribution in [3.63, 3.8) is 0 Å². The molecule has 0 bridgehead atoms. The van der Waals surface area contributed by atoms with Gasteiger partial charge in [-0.3, -0.25) is 0 Å². The molecule has 0 aromatic carbocycles. The van der Waals surface area contributed by atoms with Gasteiger partial charge in [-0.05, 0) is 19.3 Å². The molecule has 6 nitrogen and oxygen atoms in total. The van der Waals surface area contributed by atoms with Crippen LogP contribution in [0.3, 0.4) is 0 Å². The van der Waals surface area contributed by atoms with Crippen molar-refractivity contribution in [3.8, 4) is 0 Å². The maximum atomic E-state index is 5.41. The van der Waals surface area contributed by atoms with E-state index in [9.17, 15) is 0 Å². The Morgan fingerprint density at radius 2 is 2.38 bits per heavy atom. The zero-order chi connectivity index (χ0) is 11.4. The van der Waals surface area contributed by atoms with Gasteiger partial charge in [-0.1, -0.05) is 5.10 Å². The lowest BCUT2D eigenvalue weighted by atomic mass is 10.2. The van der Waals surface area contributed by atoms with Crippen LogP contribution in [0.15, 0.2) is 4.42 Å². The second-order valence-corrected chi connectivity index (χ2v) is 4.00. The van der Waals surface area contributed by atoms with E-state index in [2.05, 4.69) is 15.5 Å². The lowest BCUT2D eigenvalue weighted by molar-refractivity contribution is 0.100. The Morgan fingerprint density at radius 3 is 3.12 bits per heavy atom. The average Bonchev–Trinajstić information content (AvgIpc) is 2.89. The first-order valence-electron chi connectivity index (χ1n) is 5.65. The molecule has 2 atom stereocenters. The largest absolute Gasteiger partial charge is 0.408 e. The molecule has 90 valence electrons.